The lowest BCUT2D eigenvalue weighted by atomic mass is 10.0. The molecule has 6 aromatic rings. The van der Waals surface area contributed by atoms with Crippen molar-refractivity contribution in [3.8, 4) is 0 Å². The van der Waals surface area contributed by atoms with E-state index in [4.69, 9.17) is 53.5 Å². The van der Waals surface area contributed by atoms with Crippen LogP contribution in [0.1, 0.15) is 108 Å². The summed E-state index contributed by atoms with van der Waals surface area (Å²) in [6.45, 7) is 14.0. The summed E-state index contributed by atoms with van der Waals surface area (Å²) in [6.07, 6.45) is 9.37. The largest absolute Gasteiger partial charge is 0.478 e. The summed E-state index contributed by atoms with van der Waals surface area (Å²) in [5.74, 6) is -0.319. The van der Waals surface area contributed by atoms with Crippen LogP contribution in [0.4, 0.5) is 11.4 Å². The monoisotopic (exact) mass is 928 g/mol. The van der Waals surface area contributed by atoms with Gasteiger partial charge in [0, 0.05) is 105 Å². The summed E-state index contributed by atoms with van der Waals surface area (Å²) in [5.41, 5.74) is 16.8. The van der Waals surface area contributed by atoms with Crippen LogP contribution in [-0.2, 0) is 60.3 Å². The zero-order chi connectivity index (χ0) is 46.3. The molecule has 17 heteroatoms. The Labute approximate surface area is 390 Å². The Balaban J connectivity index is 0.000000182. The second-order valence-corrected chi connectivity index (χ2v) is 16.4. The zero-order valence-corrected chi connectivity index (χ0v) is 39.4. The number of carboxylic acids is 1. The topological polar surface area (TPSA) is 196 Å². The van der Waals surface area contributed by atoms with Crippen molar-refractivity contribution in [3.63, 3.8) is 0 Å². The molecule has 15 nitrogen and oxygen atoms in total. The first kappa shape index (κ1) is 49.1. The highest BCUT2D eigenvalue weighted by molar-refractivity contribution is 6.17. The third-order valence-electron chi connectivity index (χ3n) is 11.7. The molecule has 348 valence electrons. The minimum absolute atomic E-state index is 0.125. The number of anilines is 2. The lowest BCUT2D eigenvalue weighted by Crippen LogP contribution is -2.30. The van der Waals surface area contributed by atoms with E-state index >= 15 is 0 Å². The van der Waals surface area contributed by atoms with E-state index in [1.54, 1.807) is 30.3 Å². The molecule has 4 aromatic heterocycles. The van der Waals surface area contributed by atoms with E-state index in [2.05, 4.69) is 53.8 Å². The lowest BCUT2D eigenvalue weighted by Gasteiger charge is -2.26. The van der Waals surface area contributed by atoms with Gasteiger partial charge in [-0.3, -0.25) is 4.79 Å². The Morgan fingerprint density at radius 1 is 0.723 bits per heavy atom. The first-order valence-electron chi connectivity index (χ1n) is 22.6. The summed E-state index contributed by atoms with van der Waals surface area (Å²) in [7, 11) is 0. The number of ether oxygens (including phenoxy) is 2. The number of aryl methyl sites for hydroxylation is 4. The Kier molecular flexibility index (Phi) is 18.3. The number of carboxylic acid groups (broad SMARTS) is 1. The van der Waals surface area contributed by atoms with Crippen LogP contribution in [0.2, 0.25) is 0 Å². The normalized spacial score (nSPS) is 14.3. The molecule has 0 aliphatic carbocycles. The number of halogens is 2. The summed E-state index contributed by atoms with van der Waals surface area (Å²) in [4.78, 5) is 33.0. The van der Waals surface area contributed by atoms with Crippen LogP contribution >= 0.6 is 23.2 Å². The summed E-state index contributed by atoms with van der Waals surface area (Å²) in [5, 5.41) is 30.2. The van der Waals surface area contributed by atoms with Crippen molar-refractivity contribution < 1.29 is 24.2 Å². The van der Waals surface area contributed by atoms with Crippen LogP contribution in [0.15, 0.2) is 60.9 Å². The summed E-state index contributed by atoms with van der Waals surface area (Å²) < 4.78 is 14.9. The Morgan fingerprint density at radius 2 is 1.18 bits per heavy atom. The third kappa shape index (κ3) is 12.3. The van der Waals surface area contributed by atoms with Crippen LogP contribution in [-0.4, -0.2) is 85.0 Å². The molecule has 2 aromatic carbocycles. The van der Waals surface area contributed by atoms with Gasteiger partial charge in [-0.1, -0.05) is 38.1 Å². The smallest absolute Gasteiger partial charge is 0.335 e. The molecular formula is C48H62Cl2N10O5. The molecule has 6 N–H and O–H groups in total. The number of fused-ring (bicyclic) bond motifs is 2. The fourth-order valence-electron chi connectivity index (χ4n) is 8.08. The quantitative estimate of drug-likeness (QED) is 0.0618. The predicted octanol–water partition coefficient (Wildman–Crippen LogP) is 8.46. The van der Waals surface area contributed by atoms with Crippen molar-refractivity contribution in [2.75, 3.05) is 37.1 Å². The Morgan fingerprint density at radius 3 is 1.63 bits per heavy atom. The van der Waals surface area contributed by atoms with E-state index in [0.29, 0.717) is 42.5 Å². The zero-order valence-electron chi connectivity index (χ0n) is 37.8. The highest BCUT2D eigenvalue weighted by Crippen LogP contribution is 2.32. The average molecular weight is 930 g/mol. The molecule has 2 aliphatic heterocycles. The van der Waals surface area contributed by atoms with Gasteiger partial charge in [0.15, 0.2) is 11.3 Å². The third-order valence-corrected chi connectivity index (χ3v) is 12.3. The van der Waals surface area contributed by atoms with Gasteiger partial charge >= 0.3 is 5.97 Å². The van der Waals surface area contributed by atoms with Crippen LogP contribution in [0, 0.1) is 0 Å². The van der Waals surface area contributed by atoms with Gasteiger partial charge in [0.05, 0.1) is 40.1 Å². The number of pyridine rings is 2. The van der Waals surface area contributed by atoms with E-state index in [1.807, 2.05) is 40.0 Å². The molecule has 1 amide bonds. The minimum atomic E-state index is -0.919. The number of rotatable bonds is 15. The fraction of sp³-hybridized carbons (Fsp3) is 0.458. The number of benzene rings is 2. The molecule has 6 heterocycles. The van der Waals surface area contributed by atoms with E-state index < -0.39 is 5.97 Å². The summed E-state index contributed by atoms with van der Waals surface area (Å²) in [6, 6.07) is 14.7. The van der Waals surface area contributed by atoms with Gasteiger partial charge in [0.1, 0.15) is 0 Å². The molecule has 0 unspecified atom stereocenters. The summed E-state index contributed by atoms with van der Waals surface area (Å²) >= 11 is 11.4. The molecule has 65 heavy (non-hydrogen) atoms. The van der Waals surface area contributed by atoms with Gasteiger partial charge < -0.3 is 36.3 Å². The molecule has 0 radical (unpaired) electrons. The predicted molar refractivity (Wildman–Crippen MR) is 258 cm³/mol. The highest BCUT2D eigenvalue weighted by atomic mass is 35.5. The molecule has 0 spiro atoms. The molecule has 0 saturated carbocycles. The van der Waals surface area contributed by atoms with Gasteiger partial charge in [-0.2, -0.15) is 10.2 Å². The number of amides is 1. The van der Waals surface area contributed by atoms with Gasteiger partial charge in [0.2, 0.25) is 0 Å². The fourth-order valence-corrected chi connectivity index (χ4v) is 8.42. The van der Waals surface area contributed by atoms with Crippen LogP contribution in [0.5, 0.6) is 0 Å². The molecule has 8 rings (SSSR count). The van der Waals surface area contributed by atoms with E-state index in [1.165, 1.54) is 0 Å². The van der Waals surface area contributed by atoms with Crippen molar-refractivity contribution in [3.05, 3.63) is 106 Å². The second-order valence-electron chi connectivity index (χ2n) is 15.8. The van der Waals surface area contributed by atoms with Crippen molar-refractivity contribution in [2.24, 2.45) is 5.73 Å². The van der Waals surface area contributed by atoms with Crippen molar-refractivity contribution in [2.45, 2.75) is 116 Å². The molecule has 0 bridgehead atoms. The van der Waals surface area contributed by atoms with Gasteiger partial charge in [0.25, 0.3) is 5.91 Å². The minimum Gasteiger partial charge on any atom is -0.478 e. The van der Waals surface area contributed by atoms with E-state index in [-0.39, 0.29) is 11.5 Å². The van der Waals surface area contributed by atoms with E-state index in [9.17, 15) is 9.59 Å². The number of hydrogen-bond donors (Lipinski definition) is 5. The van der Waals surface area contributed by atoms with Gasteiger partial charge in [-0.25, -0.2) is 24.1 Å². The molecule has 0 atom stereocenters. The first-order valence-corrected chi connectivity index (χ1v) is 23.7. The number of nitrogens with two attached hydrogens (primary N) is 1. The first-order chi connectivity index (χ1) is 31.7. The standard InChI is InChI=1S/C24H30ClN5O2.C16H25N5O.C8H7ClO2/c1-3-21-19(14-26-24(31)17-7-5-6-16(12-17)13-25)22(28-18-8-10-32-11-9-18)20-15-27-30(4-2)23(20)29-21;1-3-14-12(9-17)15(19-11-5-7-22-8-6-11)13-10-18-21(4-2)16(13)20-14;9-5-6-2-1-3-7(4-6)8(10)11/h5-7,12,15,18H,3-4,8-11,13-14H2,1-2H3,(H,26,31)(H,28,29);10-11H,3-9,17H2,1-2H3,(H,19,20);1-4H,5H2,(H,10,11). The number of hydrogen-bond acceptors (Lipinski definition) is 11. The lowest BCUT2D eigenvalue weighted by molar-refractivity contribution is 0.0696. The van der Waals surface area contributed by atoms with Gasteiger partial charge in [-0.15, -0.1) is 23.2 Å². The molecule has 2 aliphatic rings. The van der Waals surface area contributed by atoms with E-state index in [0.717, 1.165) is 145 Å². The van der Waals surface area contributed by atoms with Crippen molar-refractivity contribution >= 4 is 68.5 Å². The van der Waals surface area contributed by atoms with Crippen LogP contribution in [0.25, 0.3) is 22.1 Å². The number of carbonyl (C=O) groups is 2. The van der Waals surface area contributed by atoms with Gasteiger partial charge in [-0.05, 0) is 87.8 Å². The maximum atomic E-state index is 12.9. The maximum Gasteiger partial charge on any atom is 0.335 e. The Bertz CT molecular complexity index is 2520. The number of alkyl halides is 2. The number of carbonyl (C=O) groups excluding carboxylic acids is 1. The maximum absolute atomic E-state index is 12.9. The SMILES string of the molecule is CCc1nc2c(cnn2CC)c(NC2CCOCC2)c1CN.CCc1nc2c(cnn2CC)c(NC2CCOCC2)c1CNC(=O)c1cccc(CCl)c1.O=C(O)c1cccc(CCl)c1. The number of aromatic nitrogens is 6. The number of nitrogens with one attached hydrogen (secondary N) is 3. The second kappa shape index (κ2) is 24.3. The average Bonchev–Trinajstić information content (AvgIpc) is 3.98. The number of nitrogens with zero attached hydrogens (tertiary/aromatic N) is 6. The van der Waals surface area contributed by atoms with Crippen LogP contribution in [0.3, 0.4) is 0 Å². The Hall–Kier alpha value is -5.32. The highest BCUT2D eigenvalue weighted by Gasteiger charge is 2.23. The van der Waals surface area contributed by atoms with Crippen LogP contribution < -0.4 is 21.7 Å². The number of aromatic carboxylic acids is 1. The molecular weight excluding hydrogens is 867 g/mol. The molecule has 2 fully saturated rings. The van der Waals surface area contributed by atoms with Crippen molar-refractivity contribution in [1.82, 2.24) is 34.8 Å². The molecule has 2 saturated heterocycles. The van der Waals surface area contributed by atoms with Crippen molar-refractivity contribution in [1.29, 1.82) is 0 Å².